The van der Waals surface area contributed by atoms with Crippen LogP contribution in [0.4, 0.5) is 0 Å². The van der Waals surface area contributed by atoms with Crippen molar-refractivity contribution >= 4 is 0 Å². The van der Waals surface area contributed by atoms with Gasteiger partial charge >= 0.3 is 0 Å². The Balaban J connectivity index is 0.00000124. The summed E-state index contributed by atoms with van der Waals surface area (Å²) >= 11 is 0. The summed E-state index contributed by atoms with van der Waals surface area (Å²) in [5, 5.41) is 20.4. The van der Waals surface area contributed by atoms with Gasteiger partial charge in [0.25, 0.3) is 0 Å². The second-order valence-corrected chi connectivity index (χ2v) is 12.1. The van der Waals surface area contributed by atoms with Crippen LogP contribution in [0.1, 0.15) is 119 Å². The van der Waals surface area contributed by atoms with E-state index in [1.807, 2.05) is 13.8 Å². The van der Waals surface area contributed by atoms with Crippen LogP contribution in [0.5, 0.6) is 0 Å². The molecule has 7 unspecified atom stereocenters. The van der Waals surface area contributed by atoms with Gasteiger partial charge in [-0.15, -0.1) is 0 Å². The summed E-state index contributed by atoms with van der Waals surface area (Å²) in [6.07, 6.45) is 15.3. The largest absolute Gasteiger partial charge is 0.393 e. The highest BCUT2D eigenvalue weighted by atomic mass is 16.3. The highest BCUT2D eigenvalue weighted by Gasteiger charge is 2.59. The summed E-state index contributed by atoms with van der Waals surface area (Å²) in [6.45, 7) is 13.5. The van der Waals surface area contributed by atoms with Crippen molar-refractivity contribution in [3.63, 3.8) is 0 Å². The Morgan fingerprint density at radius 3 is 2.23 bits per heavy atom. The highest BCUT2D eigenvalue weighted by Crippen LogP contribution is 2.67. The van der Waals surface area contributed by atoms with Crippen LogP contribution in [0, 0.1) is 46.3 Å². The predicted molar refractivity (Wildman–Crippen MR) is 127 cm³/mol. The fraction of sp³-hybridized carbons (Fsp3) is 1.00. The van der Waals surface area contributed by atoms with Gasteiger partial charge in [0, 0.05) is 0 Å². The van der Waals surface area contributed by atoms with Crippen molar-refractivity contribution in [2.75, 3.05) is 0 Å². The summed E-state index contributed by atoms with van der Waals surface area (Å²) in [5.41, 5.74) is 1.06. The summed E-state index contributed by atoms with van der Waals surface area (Å²) in [7, 11) is 0. The van der Waals surface area contributed by atoms with E-state index in [1.54, 1.807) is 0 Å². The van der Waals surface area contributed by atoms with Crippen LogP contribution in [0.15, 0.2) is 0 Å². The molecule has 0 bridgehead atoms. The van der Waals surface area contributed by atoms with Crippen LogP contribution >= 0.6 is 0 Å². The molecule has 0 aromatic heterocycles. The minimum Gasteiger partial charge on any atom is -0.393 e. The van der Waals surface area contributed by atoms with Crippen LogP contribution in [0.3, 0.4) is 0 Å². The monoisotopic (exact) mass is 420 g/mol. The molecule has 0 amide bonds. The molecule has 0 aromatic rings. The van der Waals surface area contributed by atoms with Crippen molar-refractivity contribution in [1.82, 2.24) is 0 Å². The zero-order valence-electron chi connectivity index (χ0n) is 21.0. The molecule has 4 fully saturated rings. The minimum atomic E-state index is -0.113. The lowest BCUT2D eigenvalue weighted by molar-refractivity contribution is -0.127. The van der Waals surface area contributed by atoms with E-state index in [4.69, 9.17) is 0 Å². The standard InChI is InChI=1S/C26H46O2.C2H6/c1-17(2)24(28)7-5-6-18-9-11-22-21-10-8-19-16-20(27)12-14-26(19,4)23(21)13-15-25(18,22)3;1-2/h17-24,27-28H,5-16H2,1-4H3;1-2H3/t18?,19?,20-,21?,22?,23?,24?,25?,26-;/m0./s1. The topological polar surface area (TPSA) is 40.5 Å². The average molecular weight is 421 g/mol. The quantitative estimate of drug-likeness (QED) is 0.493. The van der Waals surface area contributed by atoms with E-state index in [2.05, 4.69) is 27.7 Å². The first-order valence-corrected chi connectivity index (χ1v) is 13.6. The maximum atomic E-state index is 10.2. The van der Waals surface area contributed by atoms with Crippen LogP contribution in [0.25, 0.3) is 0 Å². The fourth-order valence-electron chi connectivity index (χ4n) is 8.73. The highest BCUT2D eigenvalue weighted by molar-refractivity contribution is 5.09. The fourth-order valence-corrected chi connectivity index (χ4v) is 8.73. The van der Waals surface area contributed by atoms with Crippen molar-refractivity contribution in [1.29, 1.82) is 0 Å². The van der Waals surface area contributed by atoms with Crippen molar-refractivity contribution in [2.45, 2.75) is 131 Å². The summed E-state index contributed by atoms with van der Waals surface area (Å²) in [4.78, 5) is 0. The summed E-state index contributed by atoms with van der Waals surface area (Å²) < 4.78 is 0. The Labute approximate surface area is 187 Å². The molecule has 4 saturated carbocycles. The Kier molecular flexibility index (Phi) is 8.04. The molecule has 0 aliphatic heterocycles. The second-order valence-electron chi connectivity index (χ2n) is 12.1. The molecule has 9 atom stereocenters. The van der Waals surface area contributed by atoms with Gasteiger partial charge in [0.1, 0.15) is 0 Å². The van der Waals surface area contributed by atoms with E-state index >= 15 is 0 Å². The zero-order chi connectivity index (χ0) is 22.1. The zero-order valence-corrected chi connectivity index (χ0v) is 21.0. The average Bonchev–Trinajstić information content (AvgIpc) is 3.06. The molecule has 2 N–H and O–H groups in total. The van der Waals surface area contributed by atoms with Gasteiger partial charge in [-0.3, -0.25) is 0 Å². The molecular weight excluding hydrogens is 368 g/mol. The van der Waals surface area contributed by atoms with E-state index in [9.17, 15) is 10.2 Å². The van der Waals surface area contributed by atoms with Crippen molar-refractivity contribution in [3.05, 3.63) is 0 Å². The molecule has 0 radical (unpaired) electrons. The van der Waals surface area contributed by atoms with E-state index < -0.39 is 0 Å². The third-order valence-corrected chi connectivity index (χ3v) is 10.7. The smallest absolute Gasteiger partial charge is 0.0563 e. The number of aliphatic hydroxyl groups is 2. The number of aliphatic hydroxyl groups excluding tert-OH is 2. The molecule has 0 saturated heterocycles. The van der Waals surface area contributed by atoms with E-state index in [0.29, 0.717) is 16.7 Å². The number of rotatable bonds is 5. The van der Waals surface area contributed by atoms with Crippen LogP contribution in [-0.2, 0) is 0 Å². The Morgan fingerprint density at radius 2 is 1.53 bits per heavy atom. The first-order chi connectivity index (χ1) is 14.3. The van der Waals surface area contributed by atoms with Gasteiger partial charge in [-0.1, -0.05) is 48.0 Å². The molecule has 4 aliphatic rings. The van der Waals surface area contributed by atoms with E-state index in [-0.39, 0.29) is 12.2 Å². The maximum Gasteiger partial charge on any atom is 0.0563 e. The van der Waals surface area contributed by atoms with Gasteiger partial charge in [0.05, 0.1) is 12.2 Å². The van der Waals surface area contributed by atoms with E-state index in [1.165, 1.54) is 57.8 Å². The van der Waals surface area contributed by atoms with Crippen molar-refractivity contribution in [2.24, 2.45) is 46.3 Å². The van der Waals surface area contributed by atoms with Gasteiger partial charge < -0.3 is 10.2 Å². The van der Waals surface area contributed by atoms with Crippen molar-refractivity contribution in [3.8, 4) is 0 Å². The molecular formula is C28H52O2. The first-order valence-electron chi connectivity index (χ1n) is 13.6. The lowest BCUT2D eigenvalue weighted by Crippen LogP contribution is -2.53. The lowest BCUT2D eigenvalue weighted by atomic mass is 9.44. The van der Waals surface area contributed by atoms with Gasteiger partial charge in [0.2, 0.25) is 0 Å². The number of fused-ring (bicyclic) bond motifs is 5. The molecule has 2 heteroatoms. The van der Waals surface area contributed by atoms with Crippen molar-refractivity contribution < 1.29 is 10.2 Å². The molecule has 0 aromatic carbocycles. The second kappa shape index (κ2) is 9.82. The normalized spacial score (nSPS) is 46.3. The summed E-state index contributed by atoms with van der Waals surface area (Å²) in [5.74, 6) is 4.86. The van der Waals surface area contributed by atoms with Gasteiger partial charge in [-0.2, -0.15) is 0 Å². The predicted octanol–water partition coefficient (Wildman–Crippen LogP) is 7.22. The Bertz CT molecular complexity index is 545. The molecule has 4 aliphatic carbocycles. The van der Waals surface area contributed by atoms with E-state index in [0.717, 1.165) is 48.9 Å². The molecule has 4 rings (SSSR count). The first kappa shape index (κ1) is 24.6. The Morgan fingerprint density at radius 1 is 0.867 bits per heavy atom. The minimum absolute atomic E-state index is 0.0273. The summed E-state index contributed by atoms with van der Waals surface area (Å²) in [6, 6.07) is 0. The third kappa shape index (κ3) is 4.39. The molecule has 176 valence electrons. The molecule has 30 heavy (non-hydrogen) atoms. The third-order valence-electron chi connectivity index (χ3n) is 10.7. The molecule has 0 spiro atoms. The molecule has 0 heterocycles. The Hall–Kier alpha value is -0.0800. The van der Waals surface area contributed by atoms with Crippen LogP contribution < -0.4 is 0 Å². The number of hydrogen-bond acceptors (Lipinski definition) is 2. The maximum absolute atomic E-state index is 10.2. The number of hydrogen-bond donors (Lipinski definition) is 2. The lowest BCUT2D eigenvalue weighted by Gasteiger charge is -2.61. The SMILES string of the molecule is CC.CC(C)C(O)CCCC1CCC2C3CCC4C[C@@H](O)CC[C@]4(C)C3CCC12C. The molecule has 2 nitrogen and oxygen atoms in total. The van der Waals surface area contributed by atoms with Crippen LogP contribution in [0.2, 0.25) is 0 Å². The van der Waals surface area contributed by atoms with Gasteiger partial charge in [-0.05, 0) is 117 Å². The van der Waals surface area contributed by atoms with Gasteiger partial charge in [-0.25, -0.2) is 0 Å². The van der Waals surface area contributed by atoms with Crippen LogP contribution in [-0.4, -0.2) is 22.4 Å². The van der Waals surface area contributed by atoms with Gasteiger partial charge in [0.15, 0.2) is 0 Å².